The van der Waals surface area contributed by atoms with Gasteiger partial charge in [-0.3, -0.25) is 14.5 Å². The van der Waals surface area contributed by atoms with E-state index in [0.29, 0.717) is 29.9 Å². The maximum absolute atomic E-state index is 13.0. The second-order valence-corrected chi connectivity index (χ2v) is 10.8. The lowest BCUT2D eigenvalue weighted by molar-refractivity contribution is -0.131. The first-order valence-corrected chi connectivity index (χ1v) is 13.0. The summed E-state index contributed by atoms with van der Waals surface area (Å²) < 4.78 is 0. The van der Waals surface area contributed by atoms with Gasteiger partial charge >= 0.3 is 0 Å². The zero-order chi connectivity index (χ0) is 20.1. The summed E-state index contributed by atoms with van der Waals surface area (Å²) >= 11 is 0. The highest BCUT2D eigenvalue weighted by Gasteiger charge is 2.34. The third kappa shape index (κ3) is 5.71. The molecule has 4 fully saturated rings. The molecule has 1 unspecified atom stereocenters. The summed E-state index contributed by atoms with van der Waals surface area (Å²) in [6, 6.07) is 0. The number of ketones is 2. The van der Waals surface area contributed by atoms with Crippen LogP contribution in [0.15, 0.2) is 0 Å². The summed E-state index contributed by atoms with van der Waals surface area (Å²) in [5, 5.41) is 0. The van der Waals surface area contributed by atoms with E-state index in [9.17, 15) is 9.59 Å². The molecule has 0 aromatic carbocycles. The SMILES string of the molecule is O=C(CN1CCCC(C(=O)C2CCCCC2)C1)C1CCC(C2CCCCC2)CC1. The summed E-state index contributed by atoms with van der Waals surface area (Å²) in [5.74, 6) is 3.65. The lowest BCUT2D eigenvalue weighted by Crippen LogP contribution is -2.44. The molecule has 1 heterocycles. The quantitative estimate of drug-likeness (QED) is 0.564. The fraction of sp³-hybridized carbons (Fsp3) is 0.923. The van der Waals surface area contributed by atoms with Crippen molar-refractivity contribution in [2.75, 3.05) is 19.6 Å². The smallest absolute Gasteiger partial charge is 0.149 e. The van der Waals surface area contributed by atoms with Gasteiger partial charge in [0.1, 0.15) is 11.6 Å². The normalized spacial score (nSPS) is 33.4. The van der Waals surface area contributed by atoms with Crippen LogP contribution in [0.25, 0.3) is 0 Å². The molecule has 4 rings (SSSR count). The van der Waals surface area contributed by atoms with Crippen molar-refractivity contribution in [2.24, 2.45) is 29.6 Å². The number of rotatable bonds is 6. The first kappa shape index (κ1) is 21.5. The highest BCUT2D eigenvalue weighted by atomic mass is 16.1. The number of nitrogens with zero attached hydrogens (tertiary/aromatic N) is 1. The Kier molecular flexibility index (Phi) is 7.83. The standard InChI is InChI=1S/C26H43NO2/c28-25(22-15-13-21(14-16-22)20-8-3-1-4-9-20)19-27-17-7-12-24(18-27)26(29)23-10-5-2-6-11-23/h20-24H,1-19H2. The highest BCUT2D eigenvalue weighted by Crippen LogP contribution is 2.40. The average molecular weight is 402 g/mol. The summed E-state index contributed by atoms with van der Waals surface area (Å²) in [4.78, 5) is 28.3. The van der Waals surface area contributed by atoms with Gasteiger partial charge in [-0.1, -0.05) is 51.4 Å². The van der Waals surface area contributed by atoms with Crippen LogP contribution in [-0.2, 0) is 9.59 Å². The molecule has 0 aromatic rings. The van der Waals surface area contributed by atoms with E-state index in [1.807, 2.05) is 0 Å². The third-order valence-electron chi connectivity index (χ3n) is 8.84. The van der Waals surface area contributed by atoms with Gasteiger partial charge in [0.15, 0.2) is 0 Å². The van der Waals surface area contributed by atoms with E-state index in [2.05, 4.69) is 4.90 Å². The lowest BCUT2D eigenvalue weighted by Gasteiger charge is -2.37. The van der Waals surface area contributed by atoms with Crippen molar-refractivity contribution < 1.29 is 9.59 Å². The van der Waals surface area contributed by atoms with E-state index < -0.39 is 0 Å². The van der Waals surface area contributed by atoms with Crippen molar-refractivity contribution in [1.82, 2.24) is 4.90 Å². The number of hydrogen-bond donors (Lipinski definition) is 0. The molecular formula is C26H43NO2. The maximum Gasteiger partial charge on any atom is 0.149 e. The second-order valence-electron chi connectivity index (χ2n) is 10.8. The molecule has 3 heteroatoms. The zero-order valence-corrected chi connectivity index (χ0v) is 18.6. The number of Topliss-reactive ketones (excluding diaryl/α,β-unsaturated/α-hetero) is 2. The van der Waals surface area contributed by atoms with Crippen LogP contribution in [0, 0.1) is 29.6 Å². The summed E-state index contributed by atoms with van der Waals surface area (Å²) in [6.07, 6.45) is 20.1. The van der Waals surface area contributed by atoms with Crippen molar-refractivity contribution in [1.29, 1.82) is 0 Å². The third-order valence-corrected chi connectivity index (χ3v) is 8.84. The van der Waals surface area contributed by atoms with Crippen molar-refractivity contribution in [2.45, 2.75) is 103 Å². The monoisotopic (exact) mass is 401 g/mol. The fourth-order valence-electron chi connectivity index (χ4n) is 7.02. The van der Waals surface area contributed by atoms with E-state index in [4.69, 9.17) is 0 Å². The molecule has 3 nitrogen and oxygen atoms in total. The van der Waals surface area contributed by atoms with Crippen molar-refractivity contribution in [3.05, 3.63) is 0 Å². The summed E-state index contributed by atoms with van der Waals surface area (Å²) in [7, 11) is 0. The van der Waals surface area contributed by atoms with Crippen LogP contribution in [0.4, 0.5) is 0 Å². The van der Waals surface area contributed by atoms with Crippen molar-refractivity contribution >= 4 is 11.6 Å². The average Bonchev–Trinajstić information content (AvgIpc) is 2.80. The number of piperidine rings is 1. The summed E-state index contributed by atoms with van der Waals surface area (Å²) in [6.45, 7) is 2.46. The molecule has 3 aliphatic carbocycles. The molecule has 1 aliphatic heterocycles. The Morgan fingerprint density at radius 1 is 0.586 bits per heavy atom. The van der Waals surface area contributed by atoms with Crippen LogP contribution >= 0.6 is 0 Å². The molecule has 29 heavy (non-hydrogen) atoms. The Morgan fingerprint density at radius 2 is 1.17 bits per heavy atom. The molecule has 0 N–H and O–H groups in total. The van der Waals surface area contributed by atoms with Gasteiger partial charge in [0.2, 0.25) is 0 Å². The molecule has 0 bridgehead atoms. The van der Waals surface area contributed by atoms with Gasteiger partial charge in [0.25, 0.3) is 0 Å². The van der Waals surface area contributed by atoms with E-state index in [0.717, 1.165) is 63.5 Å². The number of likely N-dealkylation sites (tertiary alicyclic amines) is 1. The zero-order valence-electron chi connectivity index (χ0n) is 18.6. The van der Waals surface area contributed by atoms with E-state index in [1.165, 1.54) is 64.2 Å². The van der Waals surface area contributed by atoms with Gasteiger partial charge in [0, 0.05) is 24.3 Å². The number of carbonyl (C=O) groups excluding carboxylic acids is 2. The molecule has 0 spiro atoms. The molecular weight excluding hydrogens is 358 g/mol. The van der Waals surface area contributed by atoms with Crippen molar-refractivity contribution in [3.63, 3.8) is 0 Å². The van der Waals surface area contributed by atoms with E-state index in [1.54, 1.807) is 0 Å². The highest BCUT2D eigenvalue weighted by molar-refractivity contribution is 5.85. The predicted octanol–water partition coefficient (Wildman–Crippen LogP) is 5.80. The van der Waals surface area contributed by atoms with Crippen LogP contribution in [-0.4, -0.2) is 36.1 Å². The Morgan fingerprint density at radius 3 is 1.86 bits per heavy atom. The molecule has 0 radical (unpaired) electrons. The van der Waals surface area contributed by atoms with Crippen LogP contribution < -0.4 is 0 Å². The molecule has 4 aliphatic rings. The Labute approximate surface area is 178 Å². The lowest BCUT2D eigenvalue weighted by atomic mass is 9.70. The molecule has 1 saturated heterocycles. The topological polar surface area (TPSA) is 37.4 Å². The van der Waals surface area contributed by atoms with Crippen LogP contribution in [0.5, 0.6) is 0 Å². The Bertz CT molecular complexity index is 539. The predicted molar refractivity (Wildman–Crippen MR) is 118 cm³/mol. The number of hydrogen-bond acceptors (Lipinski definition) is 3. The molecule has 0 amide bonds. The Hall–Kier alpha value is -0.700. The van der Waals surface area contributed by atoms with Gasteiger partial charge in [-0.25, -0.2) is 0 Å². The first-order chi connectivity index (χ1) is 14.2. The molecule has 1 atom stereocenters. The largest absolute Gasteiger partial charge is 0.299 e. The van der Waals surface area contributed by atoms with E-state index in [-0.39, 0.29) is 5.92 Å². The van der Waals surface area contributed by atoms with E-state index >= 15 is 0 Å². The van der Waals surface area contributed by atoms with Crippen LogP contribution in [0.1, 0.15) is 103 Å². The molecule has 3 saturated carbocycles. The number of carbonyl (C=O) groups is 2. The first-order valence-electron chi connectivity index (χ1n) is 13.0. The second kappa shape index (κ2) is 10.6. The maximum atomic E-state index is 13.0. The summed E-state index contributed by atoms with van der Waals surface area (Å²) in [5.41, 5.74) is 0. The molecule has 0 aromatic heterocycles. The van der Waals surface area contributed by atoms with Crippen LogP contribution in [0.2, 0.25) is 0 Å². The minimum absolute atomic E-state index is 0.196. The van der Waals surface area contributed by atoms with Gasteiger partial charge in [-0.15, -0.1) is 0 Å². The van der Waals surface area contributed by atoms with Crippen molar-refractivity contribution in [3.8, 4) is 0 Å². The van der Waals surface area contributed by atoms with Gasteiger partial charge in [-0.05, 0) is 69.7 Å². The van der Waals surface area contributed by atoms with Gasteiger partial charge < -0.3 is 0 Å². The molecule has 164 valence electrons. The van der Waals surface area contributed by atoms with Gasteiger partial charge in [-0.2, -0.15) is 0 Å². The van der Waals surface area contributed by atoms with Gasteiger partial charge in [0.05, 0.1) is 6.54 Å². The Balaban J connectivity index is 1.21. The fourth-order valence-corrected chi connectivity index (χ4v) is 7.02. The minimum Gasteiger partial charge on any atom is -0.299 e. The minimum atomic E-state index is 0.196. The van der Waals surface area contributed by atoms with Crippen LogP contribution in [0.3, 0.4) is 0 Å².